The Balaban J connectivity index is 3.03. The van der Waals surface area contributed by atoms with E-state index in [4.69, 9.17) is 5.11 Å². The van der Waals surface area contributed by atoms with Gasteiger partial charge in [0.2, 0.25) is 0 Å². The summed E-state index contributed by atoms with van der Waals surface area (Å²) in [5.74, 6) is -3.87. The molecule has 0 unspecified atom stereocenters. The third-order valence-electron chi connectivity index (χ3n) is 2.44. The molecule has 1 heterocycles. The van der Waals surface area contributed by atoms with Gasteiger partial charge in [0.05, 0.1) is 20.5 Å². The molecule has 1 amide bonds. The lowest BCUT2D eigenvalue weighted by Crippen LogP contribution is -2.40. The number of hydrogen-bond acceptors (Lipinski definition) is 7. The van der Waals surface area contributed by atoms with Crippen molar-refractivity contribution in [3.05, 3.63) is 17.7 Å². The van der Waals surface area contributed by atoms with Gasteiger partial charge in [0.1, 0.15) is 13.1 Å². The Bertz CT molecular complexity index is 548. The number of rotatable bonds is 6. The number of hydrogen-bond donors (Lipinski definition) is 2. The number of carbonyl (C=O) groups is 4. The Hall–Kier alpha value is -2.91. The van der Waals surface area contributed by atoms with E-state index in [2.05, 4.69) is 19.4 Å². The first-order chi connectivity index (χ1) is 9.90. The summed E-state index contributed by atoms with van der Waals surface area (Å²) in [4.78, 5) is 52.3. The summed E-state index contributed by atoms with van der Waals surface area (Å²) < 4.78 is 8.82. The Morgan fingerprint density at radius 1 is 1.19 bits per heavy atom. The van der Waals surface area contributed by atoms with Crippen LogP contribution in [0.25, 0.3) is 0 Å². The van der Waals surface area contributed by atoms with Crippen molar-refractivity contribution in [3.8, 4) is 0 Å². The smallest absolute Gasteiger partial charge is 0.354 e. The monoisotopic (exact) mass is 299 g/mol. The molecule has 0 radical (unpaired) electrons. The number of imidazole rings is 1. The number of aromatic nitrogens is 2. The molecule has 114 valence electrons. The van der Waals surface area contributed by atoms with Crippen molar-refractivity contribution in [1.82, 2.24) is 14.9 Å². The topological polar surface area (TPSA) is 139 Å². The molecule has 0 aromatic carbocycles. The maximum atomic E-state index is 12.2. The average molecular weight is 299 g/mol. The molecule has 10 heteroatoms. The average Bonchev–Trinajstić information content (AvgIpc) is 2.94. The first-order valence-corrected chi connectivity index (χ1v) is 5.60. The fourth-order valence-corrected chi connectivity index (χ4v) is 1.41. The lowest BCUT2D eigenvalue weighted by Gasteiger charge is -2.19. The van der Waals surface area contributed by atoms with Gasteiger partial charge >= 0.3 is 17.9 Å². The van der Waals surface area contributed by atoms with Crippen LogP contribution in [0.5, 0.6) is 0 Å². The van der Waals surface area contributed by atoms with Gasteiger partial charge < -0.3 is 24.5 Å². The summed E-state index contributed by atoms with van der Waals surface area (Å²) in [6, 6.07) is 0. The molecular formula is C11H13N3O7. The molecule has 1 aromatic rings. The van der Waals surface area contributed by atoms with Gasteiger partial charge in [-0.3, -0.25) is 14.4 Å². The number of amides is 1. The fraction of sp³-hybridized carbons (Fsp3) is 0.364. The molecule has 21 heavy (non-hydrogen) atoms. The number of carbonyl (C=O) groups excluding carboxylic acids is 3. The summed E-state index contributed by atoms with van der Waals surface area (Å²) in [5, 5.41) is 8.92. The molecular weight excluding hydrogens is 286 g/mol. The summed E-state index contributed by atoms with van der Waals surface area (Å²) in [6.07, 6.45) is 1.02. The molecule has 10 nitrogen and oxygen atoms in total. The lowest BCUT2D eigenvalue weighted by molar-refractivity contribution is -0.144. The summed E-state index contributed by atoms with van der Waals surface area (Å²) in [6.45, 7) is -1.09. The van der Waals surface area contributed by atoms with E-state index in [1.807, 2.05) is 0 Å². The SMILES string of the molecule is COC(=O)CN(CC(=O)OC)C(=O)c1nc[nH]c1C(=O)O. The van der Waals surface area contributed by atoms with Gasteiger partial charge in [-0.05, 0) is 0 Å². The number of esters is 2. The molecule has 0 aliphatic heterocycles. The van der Waals surface area contributed by atoms with E-state index in [0.29, 0.717) is 0 Å². The highest BCUT2D eigenvalue weighted by Gasteiger charge is 2.28. The minimum Gasteiger partial charge on any atom is -0.477 e. The predicted molar refractivity (Wildman–Crippen MR) is 65.5 cm³/mol. The lowest BCUT2D eigenvalue weighted by atomic mass is 10.2. The molecule has 0 bridgehead atoms. The molecule has 1 rings (SSSR count). The minimum atomic E-state index is -1.40. The molecule has 0 fully saturated rings. The molecule has 1 aromatic heterocycles. The Labute approximate surface area is 118 Å². The summed E-state index contributed by atoms with van der Waals surface area (Å²) in [5.41, 5.74) is -0.866. The summed E-state index contributed by atoms with van der Waals surface area (Å²) in [7, 11) is 2.22. The minimum absolute atomic E-state index is 0.421. The van der Waals surface area contributed by atoms with Crippen LogP contribution in [0.2, 0.25) is 0 Å². The van der Waals surface area contributed by atoms with Gasteiger partial charge in [0.25, 0.3) is 5.91 Å². The number of ether oxygens (including phenoxy) is 2. The maximum Gasteiger partial charge on any atom is 0.354 e. The Kier molecular flexibility index (Phi) is 5.40. The molecule has 0 atom stereocenters. The van der Waals surface area contributed by atoms with Gasteiger partial charge in [0, 0.05) is 0 Å². The zero-order chi connectivity index (χ0) is 16.0. The van der Waals surface area contributed by atoms with E-state index in [9.17, 15) is 19.2 Å². The van der Waals surface area contributed by atoms with Crippen LogP contribution < -0.4 is 0 Å². The highest BCUT2D eigenvalue weighted by atomic mass is 16.5. The predicted octanol–water partition coefficient (Wildman–Crippen LogP) is -1.10. The van der Waals surface area contributed by atoms with Crippen molar-refractivity contribution >= 4 is 23.8 Å². The van der Waals surface area contributed by atoms with Gasteiger partial charge in [-0.25, -0.2) is 9.78 Å². The molecule has 2 N–H and O–H groups in total. The first-order valence-electron chi connectivity index (χ1n) is 5.60. The standard InChI is InChI=1S/C11H13N3O7/c1-20-6(15)3-14(4-7(16)21-2)10(17)8-9(11(18)19)13-5-12-8/h5H,3-4H2,1-2H3,(H,12,13)(H,18,19). The van der Waals surface area contributed by atoms with Gasteiger partial charge in [-0.1, -0.05) is 0 Å². The van der Waals surface area contributed by atoms with E-state index in [0.717, 1.165) is 25.4 Å². The number of nitrogens with zero attached hydrogens (tertiary/aromatic N) is 2. The fourth-order valence-electron chi connectivity index (χ4n) is 1.41. The zero-order valence-corrected chi connectivity index (χ0v) is 11.3. The van der Waals surface area contributed by atoms with Gasteiger partial charge in [-0.15, -0.1) is 0 Å². The van der Waals surface area contributed by atoms with Crippen molar-refractivity contribution in [3.63, 3.8) is 0 Å². The highest BCUT2D eigenvalue weighted by molar-refractivity contribution is 6.03. The van der Waals surface area contributed by atoms with E-state index >= 15 is 0 Å². The Morgan fingerprint density at radius 2 is 1.71 bits per heavy atom. The molecule has 0 aliphatic carbocycles. The van der Waals surface area contributed by atoms with Crippen LogP contribution in [-0.4, -0.2) is 71.1 Å². The van der Waals surface area contributed by atoms with Crippen LogP contribution in [-0.2, 0) is 19.1 Å². The van der Waals surface area contributed by atoms with Crippen molar-refractivity contribution in [1.29, 1.82) is 0 Å². The first kappa shape index (κ1) is 16.1. The van der Waals surface area contributed by atoms with Crippen LogP contribution in [0.3, 0.4) is 0 Å². The highest BCUT2D eigenvalue weighted by Crippen LogP contribution is 2.08. The largest absolute Gasteiger partial charge is 0.477 e. The van der Waals surface area contributed by atoms with E-state index in [1.54, 1.807) is 0 Å². The quantitative estimate of drug-likeness (QED) is 0.631. The second kappa shape index (κ2) is 7.03. The molecule has 0 saturated carbocycles. The van der Waals surface area contributed by atoms with Crippen LogP contribution >= 0.6 is 0 Å². The van der Waals surface area contributed by atoms with Gasteiger partial charge in [-0.2, -0.15) is 0 Å². The summed E-state index contributed by atoms with van der Waals surface area (Å²) >= 11 is 0. The van der Waals surface area contributed by atoms with Crippen molar-refractivity contribution in [2.24, 2.45) is 0 Å². The number of carboxylic acids is 1. The van der Waals surface area contributed by atoms with Crippen LogP contribution in [0, 0.1) is 0 Å². The van der Waals surface area contributed by atoms with Crippen LogP contribution in [0.1, 0.15) is 21.0 Å². The molecule has 0 saturated heterocycles. The number of aromatic carboxylic acids is 1. The van der Waals surface area contributed by atoms with E-state index < -0.39 is 48.3 Å². The van der Waals surface area contributed by atoms with E-state index in [-0.39, 0.29) is 0 Å². The molecule has 0 spiro atoms. The van der Waals surface area contributed by atoms with Crippen molar-refractivity contribution < 1.29 is 33.8 Å². The van der Waals surface area contributed by atoms with Crippen LogP contribution in [0.15, 0.2) is 6.33 Å². The second-order valence-corrected chi connectivity index (χ2v) is 3.74. The van der Waals surface area contributed by atoms with Crippen LogP contribution in [0.4, 0.5) is 0 Å². The van der Waals surface area contributed by atoms with Crippen molar-refractivity contribution in [2.45, 2.75) is 0 Å². The van der Waals surface area contributed by atoms with E-state index in [1.165, 1.54) is 0 Å². The number of carboxylic acid groups (broad SMARTS) is 1. The normalized spacial score (nSPS) is 9.81. The maximum absolute atomic E-state index is 12.2. The third kappa shape index (κ3) is 4.03. The Morgan fingerprint density at radius 3 is 2.14 bits per heavy atom. The second-order valence-electron chi connectivity index (χ2n) is 3.74. The third-order valence-corrected chi connectivity index (χ3v) is 2.44. The number of H-pyrrole nitrogens is 1. The van der Waals surface area contributed by atoms with Crippen molar-refractivity contribution in [2.75, 3.05) is 27.3 Å². The number of nitrogens with one attached hydrogen (secondary N) is 1. The molecule has 0 aliphatic rings. The zero-order valence-electron chi connectivity index (χ0n) is 11.3. The van der Waals surface area contributed by atoms with Gasteiger partial charge in [0.15, 0.2) is 11.4 Å². The number of methoxy groups -OCH3 is 2. The number of aromatic amines is 1.